The molecule has 1 saturated carbocycles. The maximum Gasteiger partial charge on any atom is 0.223 e. The average Bonchev–Trinajstić information content (AvgIpc) is 2.97. The van der Waals surface area contributed by atoms with Crippen LogP contribution in [0.25, 0.3) is 11.0 Å². The summed E-state index contributed by atoms with van der Waals surface area (Å²) in [6.45, 7) is 4.21. The Morgan fingerprint density at radius 3 is 3.04 bits per heavy atom. The summed E-state index contributed by atoms with van der Waals surface area (Å²) in [5.74, 6) is 0.369. The van der Waals surface area contributed by atoms with Crippen molar-refractivity contribution in [1.82, 2.24) is 14.9 Å². The van der Waals surface area contributed by atoms with Crippen LogP contribution in [0.4, 0.5) is 0 Å². The minimum Gasteiger partial charge on any atom is -0.390 e. The van der Waals surface area contributed by atoms with Crippen molar-refractivity contribution >= 4 is 16.9 Å². The third kappa shape index (κ3) is 2.42. The van der Waals surface area contributed by atoms with Gasteiger partial charge in [-0.1, -0.05) is 13.8 Å². The highest BCUT2D eigenvalue weighted by molar-refractivity contribution is 5.83. The number of rotatable bonds is 4. The first kappa shape index (κ1) is 15.6. The highest BCUT2D eigenvalue weighted by Crippen LogP contribution is 2.47. The predicted octanol–water partition coefficient (Wildman–Crippen LogP) is 2.96. The summed E-state index contributed by atoms with van der Waals surface area (Å²) in [5.41, 5.74) is 1.53. The Hall–Kier alpha value is -1.88. The van der Waals surface area contributed by atoms with Crippen molar-refractivity contribution in [2.45, 2.75) is 69.6 Å². The fraction of sp³-hybridized carbons (Fsp3) is 0.579. The van der Waals surface area contributed by atoms with Gasteiger partial charge in [-0.05, 0) is 49.3 Å². The predicted molar refractivity (Wildman–Crippen MR) is 92.6 cm³/mol. The number of aromatic nitrogens is 2. The van der Waals surface area contributed by atoms with Crippen molar-refractivity contribution in [1.29, 1.82) is 0 Å². The van der Waals surface area contributed by atoms with Crippen molar-refractivity contribution < 1.29 is 9.90 Å². The minimum atomic E-state index is -0.504. The molecule has 0 radical (unpaired) electrons. The molecule has 2 N–H and O–H groups in total. The van der Waals surface area contributed by atoms with Crippen molar-refractivity contribution in [2.24, 2.45) is 0 Å². The van der Waals surface area contributed by atoms with Gasteiger partial charge in [-0.25, -0.2) is 4.98 Å². The van der Waals surface area contributed by atoms with Crippen LogP contribution in [-0.4, -0.2) is 43.6 Å². The number of hydrogen-bond acceptors (Lipinski definition) is 3. The maximum absolute atomic E-state index is 13.0. The van der Waals surface area contributed by atoms with Gasteiger partial charge in [-0.3, -0.25) is 4.79 Å². The zero-order valence-corrected chi connectivity index (χ0v) is 14.3. The third-order valence-electron chi connectivity index (χ3n) is 5.89. The molecule has 1 amide bonds. The highest BCUT2D eigenvalue weighted by atomic mass is 16.3. The number of H-pyrrole nitrogens is 1. The lowest BCUT2D eigenvalue weighted by Gasteiger charge is -2.58. The van der Waals surface area contributed by atoms with Crippen molar-refractivity contribution in [3.63, 3.8) is 0 Å². The number of hydrogen-bond donors (Lipinski definition) is 2. The molecule has 4 heterocycles. The second-order valence-corrected chi connectivity index (χ2v) is 7.60. The molecule has 2 unspecified atom stereocenters. The summed E-state index contributed by atoms with van der Waals surface area (Å²) in [4.78, 5) is 22.6. The van der Waals surface area contributed by atoms with Crippen LogP contribution in [0.2, 0.25) is 0 Å². The maximum atomic E-state index is 13.0. The first-order valence-electron chi connectivity index (χ1n) is 8.96. The van der Waals surface area contributed by atoms with Gasteiger partial charge in [0, 0.05) is 36.3 Å². The molecule has 0 aromatic carbocycles. The summed E-state index contributed by atoms with van der Waals surface area (Å²) < 4.78 is 0. The van der Waals surface area contributed by atoms with E-state index in [2.05, 4.69) is 34.8 Å². The van der Waals surface area contributed by atoms with Crippen LogP contribution in [0.1, 0.15) is 57.4 Å². The number of aliphatic hydroxyl groups is 1. The first-order chi connectivity index (χ1) is 11.5. The second-order valence-electron chi connectivity index (χ2n) is 7.60. The van der Waals surface area contributed by atoms with E-state index in [9.17, 15) is 9.90 Å². The molecule has 1 aliphatic carbocycles. The van der Waals surface area contributed by atoms with E-state index in [1.165, 1.54) is 0 Å². The van der Waals surface area contributed by atoms with Crippen LogP contribution in [0.15, 0.2) is 24.5 Å². The lowest BCUT2D eigenvalue weighted by molar-refractivity contribution is -0.178. The lowest BCUT2D eigenvalue weighted by Crippen LogP contribution is -2.67. The van der Waals surface area contributed by atoms with Crippen LogP contribution in [0, 0.1) is 0 Å². The molecule has 2 aliphatic heterocycles. The summed E-state index contributed by atoms with van der Waals surface area (Å²) in [7, 11) is 0. The lowest BCUT2D eigenvalue weighted by atomic mass is 9.66. The molecule has 2 saturated heterocycles. The van der Waals surface area contributed by atoms with E-state index < -0.39 is 5.60 Å². The fourth-order valence-corrected chi connectivity index (χ4v) is 4.63. The van der Waals surface area contributed by atoms with Crippen molar-refractivity contribution in [3.8, 4) is 0 Å². The molecule has 2 aromatic heterocycles. The van der Waals surface area contributed by atoms with Crippen molar-refractivity contribution in [2.75, 3.05) is 0 Å². The molecule has 3 aliphatic rings. The van der Waals surface area contributed by atoms with Crippen LogP contribution < -0.4 is 0 Å². The van der Waals surface area contributed by atoms with Gasteiger partial charge in [0.25, 0.3) is 0 Å². The number of nitrogens with one attached hydrogen (secondary N) is 1. The van der Waals surface area contributed by atoms with Gasteiger partial charge >= 0.3 is 0 Å². The molecule has 3 fully saturated rings. The second kappa shape index (κ2) is 5.59. The average molecular weight is 327 g/mol. The molecule has 2 bridgehead atoms. The van der Waals surface area contributed by atoms with E-state index in [4.69, 9.17) is 0 Å². The fourth-order valence-electron chi connectivity index (χ4n) is 4.63. The molecule has 128 valence electrons. The zero-order valence-electron chi connectivity index (χ0n) is 14.3. The summed E-state index contributed by atoms with van der Waals surface area (Å²) in [6.07, 6.45) is 7.41. The Bertz CT molecular complexity index is 763. The number of amides is 1. The largest absolute Gasteiger partial charge is 0.390 e. The van der Waals surface area contributed by atoms with E-state index in [-0.39, 0.29) is 23.9 Å². The Labute approximate surface area is 142 Å². The Kier molecular flexibility index (Phi) is 3.64. The first-order valence-corrected chi connectivity index (χ1v) is 8.96. The highest BCUT2D eigenvalue weighted by Gasteiger charge is 2.54. The van der Waals surface area contributed by atoms with E-state index >= 15 is 0 Å². The number of piperidine rings is 2. The summed E-state index contributed by atoms with van der Waals surface area (Å²) in [5, 5.41) is 11.4. The molecule has 5 nitrogen and oxygen atoms in total. The van der Waals surface area contributed by atoms with Gasteiger partial charge in [0.05, 0.1) is 5.60 Å². The smallest absolute Gasteiger partial charge is 0.223 e. The van der Waals surface area contributed by atoms with Gasteiger partial charge in [-0.2, -0.15) is 0 Å². The third-order valence-corrected chi connectivity index (χ3v) is 5.89. The van der Waals surface area contributed by atoms with Gasteiger partial charge in [-0.15, -0.1) is 0 Å². The molecule has 0 spiro atoms. The topological polar surface area (TPSA) is 69.2 Å². The molecule has 5 rings (SSSR count). The quantitative estimate of drug-likeness (QED) is 0.907. The molecular weight excluding hydrogens is 302 g/mol. The van der Waals surface area contributed by atoms with Gasteiger partial charge in [0.15, 0.2) is 0 Å². The zero-order chi connectivity index (χ0) is 16.9. The van der Waals surface area contributed by atoms with Gasteiger partial charge < -0.3 is 15.0 Å². The Balaban J connectivity index is 1.51. The number of pyridine rings is 1. The Morgan fingerprint density at radius 2 is 2.29 bits per heavy atom. The van der Waals surface area contributed by atoms with Crippen LogP contribution in [0.3, 0.4) is 0 Å². The summed E-state index contributed by atoms with van der Waals surface area (Å²) >= 11 is 0. The van der Waals surface area contributed by atoms with E-state index in [0.29, 0.717) is 6.42 Å². The number of carbonyl (C=O) groups is 1. The van der Waals surface area contributed by atoms with Crippen LogP contribution in [-0.2, 0) is 4.79 Å². The SMILES string of the molecule is CCC1CC2(O)CC(C2)N1C(=O)CC(C)c1c[nH]c2ncccc12. The number of fused-ring (bicyclic) bond motifs is 3. The molecular formula is C19H25N3O2. The van der Waals surface area contributed by atoms with E-state index in [0.717, 1.165) is 42.3 Å². The van der Waals surface area contributed by atoms with Crippen LogP contribution in [0.5, 0.6) is 0 Å². The minimum absolute atomic E-state index is 0.147. The standard InChI is InChI=1S/C19H25N3O2/c1-3-13-8-19(24)9-14(10-19)22(13)17(23)7-12(2)16-11-21-18-15(16)5-4-6-20-18/h4-6,11-14,24H,3,7-10H2,1-2H3,(H,20,21). The van der Waals surface area contributed by atoms with Gasteiger partial charge in [0.1, 0.15) is 5.65 Å². The molecule has 2 aromatic rings. The molecule has 5 heteroatoms. The number of aromatic amines is 1. The normalized spacial score (nSPS) is 30.2. The van der Waals surface area contributed by atoms with Crippen molar-refractivity contribution in [3.05, 3.63) is 30.1 Å². The van der Waals surface area contributed by atoms with Crippen LogP contribution >= 0.6 is 0 Å². The molecule has 24 heavy (non-hydrogen) atoms. The van der Waals surface area contributed by atoms with E-state index in [1.807, 2.05) is 12.3 Å². The summed E-state index contributed by atoms with van der Waals surface area (Å²) in [6, 6.07) is 4.41. The number of carbonyl (C=O) groups excluding carboxylic acids is 1. The number of nitrogens with zero attached hydrogens (tertiary/aromatic N) is 2. The molecule has 2 atom stereocenters. The van der Waals surface area contributed by atoms with Gasteiger partial charge in [0.2, 0.25) is 5.91 Å². The van der Waals surface area contributed by atoms with E-state index in [1.54, 1.807) is 6.20 Å². The monoisotopic (exact) mass is 327 g/mol. The Morgan fingerprint density at radius 1 is 1.50 bits per heavy atom.